The molecule has 1 aromatic carbocycles. The number of pyridine rings is 1. The van der Waals surface area contributed by atoms with Gasteiger partial charge in [-0.3, -0.25) is 9.36 Å². The molecule has 0 unspecified atom stereocenters. The van der Waals surface area contributed by atoms with Gasteiger partial charge in [0.15, 0.2) is 11.5 Å². The fourth-order valence-electron chi connectivity index (χ4n) is 3.24. The Morgan fingerprint density at radius 1 is 1.22 bits per heavy atom. The lowest BCUT2D eigenvalue weighted by Gasteiger charge is -2.17. The smallest absolute Gasteiger partial charge is 0.275 e. The van der Waals surface area contributed by atoms with E-state index in [1.165, 1.54) is 15.9 Å². The summed E-state index contributed by atoms with van der Waals surface area (Å²) in [6, 6.07) is 7.38. The third-order valence-corrected chi connectivity index (χ3v) is 5.86. The van der Waals surface area contributed by atoms with E-state index in [0.29, 0.717) is 27.4 Å². The zero-order chi connectivity index (χ0) is 18.5. The molecule has 4 aromatic rings. The highest BCUT2D eigenvalue weighted by molar-refractivity contribution is 7.25. The van der Waals surface area contributed by atoms with Crippen LogP contribution in [-0.2, 0) is 0 Å². The van der Waals surface area contributed by atoms with Crippen molar-refractivity contribution in [3.63, 3.8) is 0 Å². The number of hydrogen-bond donors (Lipinski definition) is 0. The van der Waals surface area contributed by atoms with Gasteiger partial charge in [0.2, 0.25) is 6.79 Å². The standard InChI is InChI=1S/C19H16N4O3S/c1-3-22(2)12-6-7-20-18-15(12)16-17(27-18)19(24)23(9-21-16)11-4-5-13-14(8-11)26-10-25-13/h4-9H,3,10H2,1-2H3. The predicted octanol–water partition coefficient (Wildman–Crippen LogP) is 3.18. The van der Waals surface area contributed by atoms with Crippen molar-refractivity contribution in [2.24, 2.45) is 0 Å². The van der Waals surface area contributed by atoms with E-state index >= 15 is 0 Å². The van der Waals surface area contributed by atoms with Crippen LogP contribution < -0.4 is 19.9 Å². The molecule has 5 rings (SSSR count). The van der Waals surface area contributed by atoms with Crippen molar-refractivity contribution in [1.29, 1.82) is 0 Å². The van der Waals surface area contributed by atoms with Gasteiger partial charge < -0.3 is 14.4 Å². The molecule has 0 saturated carbocycles. The van der Waals surface area contributed by atoms with Crippen molar-refractivity contribution in [2.45, 2.75) is 6.92 Å². The van der Waals surface area contributed by atoms with Crippen molar-refractivity contribution in [3.05, 3.63) is 47.1 Å². The third kappa shape index (κ3) is 2.37. The predicted molar refractivity (Wildman–Crippen MR) is 106 cm³/mol. The number of ether oxygens (including phenoxy) is 2. The first kappa shape index (κ1) is 16.1. The molecule has 136 valence electrons. The summed E-state index contributed by atoms with van der Waals surface area (Å²) in [5.74, 6) is 1.31. The molecule has 1 aliphatic rings. The Kier molecular flexibility index (Phi) is 3.54. The molecular weight excluding hydrogens is 364 g/mol. The van der Waals surface area contributed by atoms with E-state index in [4.69, 9.17) is 9.47 Å². The normalized spacial score (nSPS) is 12.8. The molecule has 0 atom stereocenters. The van der Waals surface area contributed by atoms with Gasteiger partial charge in [-0.1, -0.05) is 0 Å². The fraction of sp³-hybridized carbons (Fsp3) is 0.211. The molecule has 1 aliphatic heterocycles. The van der Waals surface area contributed by atoms with Crippen molar-refractivity contribution in [3.8, 4) is 17.2 Å². The van der Waals surface area contributed by atoms with Crippen molar-refractivity contribution in [1.82, 2.24) is 14.5 Å². The van der Waals surface area contributed by atoms with E-state index in [1.54, 1.807) is 24.7 Å². The SMILES string of the molecule is CCN(C)c1ccnc2sc3c(=O)n(-c4ccc5c(c4)OCO5)cnc3c12. The van der Waals surface area contributed by atoms with Crippen LogP contribution in [0.4, 0.5) is 5.69 Å². The van der Waals surface area contributed by atoms with Crippen LogP contribution in [0.1, 0.15) is 6.92 Å². The second kappa shape index (κ2) is 5.95. The van der Waals surface area contributed by atoms with Crippen LogP contribution >= 0.6 is 11.3 Å². The van der Waals surface area contributed by atoms with Crippen LogP contribution in [-0.4, -0.2) is 34.9 Å². The Hall–Kier alpha value is -3.13. The molecule has 0 spiro atoms. The van der Waals surface area contributed by atoms with Gasteiger partial charge in [0.1, 0.15) is 21.4 Å². The Balaban J connectivity index is 1.75. The average molecular weight is 380 g/mol. The zero-order valence-electron chi connectivity index (χ0n) is 14.8. The summed E-state index contributed by atoms with van der Waals surface area (Å²) in [6.45, 7) is 3.13. The van der Waals surface area contributed by atoms with Gasteiger partial charge in [0, 0.05) is 25.9 Å². The molecule has 3 aromatic heterocycles. The molecule has 0 bridgehead atoms. The van der Waals surface area contributed by atoms with E-state index in [-0.39, 0.29) is 12.4 Å². The van der Waals surface area contributed by atoms with Crippen LogP contribution in [0, 0.1) is 0 Å². The molecule has 0 radical (unpaired) electrons. The minimum atomic E-state index is -0.119. The quantitative estimate of drug-likeness (QED) is 0.544. The van der Waals surface area contributed by atoms with E-state index in [2.05, 4.69) is 21.8 Å². The topological polar surface area (TPSA) is 69.5 Å². The first-order valence-corrected chi connectivity index (χ1v) is 9.39. The highest BCUT2D eigenvalue weighted by Gasteiger charge is 2.19. The molecule has 0 fully saturated rings. The number of thiophene rings is 1. The molecule has 7 nitrogen and oxygen atoms in total. The minimum Gasteiger partial charge on any atom is -0.454 e. The summed E-state index contributed by atoms with van der Waals surface area (Å²) in [5.41, 5.74) is 2.30. The largest absolute Gasteiger partial charge is 0.454 e. The number of hydrogen-bond acceptors (Lipinski definition) is 7. The summed E-state index contributed by atoms with van der Waals surface area (Å²) in [7, 11) is 2.02. The van der Waals surface area contributed by atoms with Gasteiger partial charge in [-0.2, -0.15) is 0 Å². The van der Waals surface area contributed by atoms with Crippen LogP contribution in [0.15, 0.2) is 41.6 Å². The Morgan fingerprint density at radius 2 is 2.07 bits per heavy atom. The molecule has 0 N–H and O–H groups in total. The van der Waals surface area contributed by atoms with Crippen LogP contribution in [0.25, 0.3) is 26.1 Å². The Labute approximate surface area is 158 Å². The van der Waals surface area contributed by atoms with Gasteiger partial charge in [-0.15, -0.1) is 11.3 Å². The lowest BCUT2D eigenvalue weighted by atomic mass is 10.2. The maximum atomic E-state index is 13.2. The monoisotopic (exact) mass is 380 g/mol. The van der Waals surface area contributed by atoms with E-state index in [1.807, 2.05) is 19.2 Å². The number of benzene rings is 1. The number of rotatable bonds is 3. The number of nitrogens with zero attached hydrogens (tertiary/aromatic N) is 4. The molecule has 27 heavy (non-hydrogen) atoms. The first-order valence-electron chi connectivity index (χ1n) is 8.57. The van der Waals surface area contributed by atoms with E-state index in [0.717, 1.165) is 22.4 Å². The van der Waals surface area contributed by atoms with Gasteiger partial charge in [-0.05, 0) is 25.1 Å². The molecule has 0 aliphatic carbocycles. The van der Waals surface area contributed by atoms with Crippen molar-refractivity contribution < 1.29 is 9.47 Å². The summed E-state index contributed by atoms with van der Waals surface area (Å²) in [5, 5.41) is 0.928. The van der Waals surface area contributed by atoms with Gasteiger partial charge >= 0.3 is 0 Å². The van der Waals surface area contributed by atoms with E-state index in [9.17, 15) is 4.79 Å². The number of anilines is 1. The van der Waals surface area contributed by atoms with Crippen molar-refractivity contribution in [2.75, 3.05) is 25.3 Å². The summed E-state index contributed by atoms with van der Waals surface area (Å²) in [6.07, 6.45) is 3.34. The van der Waals surface area contributed by atoms with Crippen LogP contribution in [0.3, 0.4) is 0 Å². The van der Waals surface area contributed by atoms with Gasteiger partial charge in [-0.25, -0.2) is 9.97 Å². The van der Waals surface area contributed by atoms with Crippen LogP contribution in [0.2, 0.25) is 0 Å². The second-order valence-electron chi connectivity index (χ2n) is 6.26. The summed E-state index contributed by atoms with van der Waals surface area (Å²) >= 11 is 1.38. The molecule has 4 heterocycles. The van der Waals surface area contributed by atoms with Gasteiger partial charge in [0.25, 0.3) is 5.56 Å². The second-order valence-corrected chi connectivity index (χ2v) is 7.26. The average Bonchev–Trinajstić information content (AvgIpc) is 3.31. The zero-order valence-corrected chi connectivity index (χ0v) is 15.6. The Morgan fingerprint density at radius 3 is 2.93 bits per heavy atom. The maximum absolute atomic E-state index is 13.2. The van der Waals surface area contributed by atoms with E-state index < -0.39 is 0 Å². The molecular formula is C19H16N4O3S. The molecule has 8 heteroatoms. The lowest BCUT2D eigenvalue weighted by molar-refractivity contribution is 0.174. The Bertz CT molecular complexity index is 1250. The van der Waals surface area contributed by atoms with Gasteiger partial charge in [0.05, 0.1) is 16.8 Å². The highest BCUT2D eigenvalue weighted by atomic mass is 32.1. The summed E-state index contributed by atoms with van der Waals surface area (Å²) in [4.78, 5) is 25.2. The third-order valence-electron chi connectivity index (χ3n) is 4.78. The lowest BCUT2D eigenvalue weighted by Crippen LogP contribution is -2.18. The minimum absolute atomic E-state index is 0.119. The first-order chi connectivity index (χ1) is 13.2. The van der Waals surface area contributed by atoms with Crippen molar-refractivity contribution >= 4 is 37.5 Å². The highest BCUT2D eigenvalue weighted by Crippen LogP contribution is 2.36. The molecule has 0 amide bonds. The maximum Gasteiger partial charge on any atom is 0.275 e. The summed E-state index contributed by atoms with van der Waals surface area (Å²) < 4.78 is 12.9. The molecule has 0 saturated heterocycles. The number of aromatic nitrogens is 3. The fourth-order valence-corrected chi connectivity index (χ4v) is 4.29. The van der Waals surface area contributed by atoms with Crippen LogP contribution in [0.5, 0.6) is 11.5 Å². The number of fused-ring (bicyclic) bond motifs is 4.